The third kappa shape index (κ3) is 2.89. The van der Waals surface area contributed by atoms with Crippen molar-refractivity contribution in [3.05, 3.63) is 29.2 Å². The van der Waals surface area contributed by atoms with Crippen LogP contribution in [0.5, 0.6) is 0 Å². The van der Waals surface area contributed by atoms with E-state index in [0.29, 0.717) is 24.5 Å². The number of rotatable bonds is 4. The van der Waals surface area contributed by atoms with Crippen LogP contribution in [0.1, 0.15) is 29.6 Å². The lowest BCUT2D eigenvalue weighted by molar-refractivity contribution is -0.144. The zero-order chi connectivity index (χ0) is 17.6. The quantitative estimate of drug-likeness (QED) is 0.768. The van der Waals surface area contributed by atoms with E-state index >= 15 is 0 Å². The Kier molecular flexibility index (Phi) is 3.58. The monoisotopic (exact) mass is 352 g/mol. The highest BCUT2D eigenvalue weighted by atomic mass is 19.4. The number of hydrogen-bond donors (Lipinski definition) is 1. The first-order valence-electron chi connectivity index (χ1n) is 7.88. The lowest BCUT2D eigenvalue weighted by Gasteiger charge is -2.08. The maximum absolute atomic E-state index is 12.8. The largest absolute Gasteiger partial charge is 0.453 e. The summed E-state index contributed by atoms with van der Waals surface area (Å²) < 4.78 is 41.6. The summed E-state index contributed by atoms with van der Waals surface area (Å²) in [7, 11) is 0. The topological polar surface area (TPSA) is 85.8 Å². The molecule has 0 saturated carbocycles. The molecule has 0 aromatic carbocycles. The van der Waals surface area contributed by atoms with Crippen molar-refractivity contribution in [3.8, 4) is 0 Å². The Hall–Kier alpha value is -2.72. The molecule has 0 spiro atoms. The van der Waals surface area contributed by atoms with Gasteiger partial charge < -0.3 is 9.88 Å². The number of anilines is 1. The first kappa shape index (κ1) is 15.8. The number of hydrogen-bond acceptors (Lipinski definition) is 6. The molecule has 0 amide bonds. The molecule has 1 aliphatic heterocycles. The molecule has 1 aliphatic rings. The SMILES string of the molecule is Cc1cc(NCCc2nnc3n2CCC3)n2nc(C(F)(F)F)nc2n1. The van der Waals surface area contributed by atoms with Gasteiger partial charge in [0.25, 0.3) is 11.6 Å². The molecular weight excluding hydrogens is 337 g/mol. The van der Waals surface area contributed by atoms with Gasteiger partial charge in [-0.3, -0.25) is 0 Å². The molecular formula is C14H15F3N8. The van der Waals surface area contributed by atoms with Gasteiger partial charge in [-0.05, 0) is 13.3 Å². The lowest BCUT2D eigenvalue weighted by atomic mass is 10.3. The van der Waals surface area contributed by atoms with Gasteiger partial charge in [0.2, 0.25) is 0 Å². The van der Waals surface area contributed by atoms with Crippen LogP contribution in [-0.2, 0) is 25.6 Å². The Balaban J connectivity index is 1.55. The average Bonchev–Trinajstić information content (AvgIpc) is 3.21. The van der Waals surface area contributed by atoms with E-state index in [1.807, 2.05) is 0 Å². The van der Waals surface area contributed by atoms with Crippen LogP contribution in [0.15, 0.2) is 6.07 Å². The third-order valence-corrected chi connectivity index (χ3v) is 4.03. The van der Waals surface area contributed by atoms with Gasteiger partial charge >= 0.3 is 6.18 Å². The molecule has 3 aromatic heterocycles. The van der Waals surface area contributed by atoms with Gasteiger partial charge in [0.05, 0.1) is 0 Å². The first-order valence-corrected chi connectivity index (χ1v) is 7.88. The fourth-order valence-electron chi connectivity index (χ4n) is 2.93. The van der Waals surface area contributed by atoms with Gasteiger partial charge in [-0.1, -0.05) is 0 Å². The van der Waals surface area contributed by atoms with Gasteiger partial charge in [0.15, 0.2) is 0 Å². The summed E-state index contributed by atoms with van der Waals surface area (Å²) in [5, 5.41) is 14.9. The van der Waals surface area contributed by atoms with Crippen molar-refractivity contribution >= 4 is 11.6 Å². The van der Waals surface area contributed by atoms with Crippen molar-refractivity contribution in [2.45, 2.75) is 38.9 Å². The van der Waals surface area contributed by atoms with E-state index in [0.717, 1.165) is 35.6 Å². The van der Waals surface area contributed by atoms with Crippen molar-refractivity contribution in [2.24, 2.45) is 0 Å². The lowest BCUT2D eigenvalue weighted by Crippen LogP contribution is -2.13. The van der Waals surface area contributed by atoms with Crippen LogP contribution in [0.25, 0.3) is 5.78 Å². The number of fused-ring (bicyclic) bond motifs is 2. The molecule has 132 valence electrons. The Labute approximate surface area is 140 Å². The second-order valence-electron chi connectivity index (χ2n) is 5.89. The van der Waals surface area contributed by atoms with E-state index in [1.165, 1.54) is 0 Å². The molecule has 1 N–H and O–H groups in total. The summed E-state index contributed by atoms with van der Waals surface area (Å²) in [5.41, 5.74) is 0.555. The molecule has 0 fully saturated rings. The first-order chi connectivity index (χ1) is 11.9. The minimum absolute atomic E-state index is 0.0850. The van der Waals surface area contributed by atoms with E-state index in [4.69, 9.17) is 0 Å². The fraction of sp³-hybridized carbons (Fsp3) is 0.500. The number of alkyl halides is 3. The minimum Gasteiger partial charge on any atom is -0.369 e. The highest BCUT2D eigenvalue weighted by molar-refractivity contribution is 5.45. The highest BCUT2D eigenvalue weighted by Gasteiger charge is 2.36. The molecule has 0 saturated heterocycles. The number of nitrogens with one attached hydrogen (secondary N) is 1. The summed E-state index contributed by atoms with van der Waals surface area (Å²) in [4.78, 5) is 7.46. The predicted molar refractivity (Wildman–Crippen MR) is 81.1 cm³/mol. The Morgan fingerprint density at radius 3 is 2.88 bits per heavy atom. The van der Waals surface area contributed by atoms with Gasteiger partial charge in [0, 0.05) is 37.7 Å². The number of nitrogens with zero attached hydrogens (tertiary/aromatic N) is 7. The second-order valence-corrected chi connectivity index (χ2v) is 5.89. The van der Waals surface area contributed by atoms with Crippen LogP contribution in [0.3, 0.4) is 0 Å². The van der Waals surface area contributed by atoms with Crippen molar-refractivity contribution in [1.82, 2.24) is 34.3 Å². The van der Waals surface area contributed by atoms with Gasteiger partial charge in [-0.15, -0.1) is 15.3 Å². The minimum atomic E-state index is -4.61. The van der Waals surface area contributed by atoms with E-state index in [9.17, 15) is 13.2 Å². The molecule has 0 atom stereocenters. The summed E-state index contributed by atoms with van der Waals surface area (Å²) in [6.45, 7) is 3.09. The van der Waals surface area contributed by atoms with Crippen LogP contribution >= 0.6 is 0 Å². The van der Waals surface area contributed by atoms with Crippen LogP contribution in [-0.4, -0.2) is 40.9 Å². The Bertz CT molecular complexity index is 926. The average molecular weight is 352 g/mol. The summed E-state index contributed by atoms with van der Waals surface area (Å²) >= 11 is 0. The molecule has 0 bridgehead atoms. The molecule has 3 aromatic rings. The van der Waals surface area contributed by atoms with Crippen LogP contribution in [0, 0.1) is 6.92 Å². The molecule has 0 radical (unpaired) electrons. The smallest absolute Gasteiger partial charge is 0.369 e. The normalized spacial score (nSPS) is 14.2. The van der Waals surface area contributed by atoms with Gasteiger partial charge in [0.1, 0.15) is 17.5 Å². The molecule has 0 aliphatic carbocycles. The van der Waals surface area contributed by atoms with E-state index in [1.54, 1.807) is 13.0 Å². The zero-order valence-electron chi connectivity index (χ0n) is 13.4. The van der Waals surface area contributed by atoms with Crippen molar-refractivity contribution < 1.29 is 13.2 Å². The molecule has 11 heteroatoms. The van der Waals surface area contributed by atoms with Gasteiger partial charge in [-0.25, -0.2) is 4.98 Å². The second kappa shape index (κ2) is 5.67. The Morgan fingerprint density at radius 2 is 2.08 bits per heavy atom. The van der Waals surface area contributed by atoms with E-state index in [2.05, 4.69) is 35.1 Å². The van der Waals surface area contributed by atoms with E-state index in [-0.39, 0.29) is 5.78 Å². The van der Waals surface area contributed by atoms with Crippen molar-refractivity contribution in [1.29, 1.82) is 0 Å². The number of aromatic nitrogens is 7. The summed E-state index contributed by atoms with van der Waals surface area (Å²) in [6, 6.07) is 1.63. The molecule has 4 heterocycles. The summed E-state index contributed by atoms with van der Waals surface area (Å²) in [6.07, 6.45) is -2.00. The van der Waals surface area contributed by atoms with Crippen LogP contribution in [0.4, 0.5) is 19.0 Å². The van der Waals surface area contributed by atoms with Gasteiger partial charge in [-0.2, -0.15) is 22.7 Å². The van der Waals surface area contributed by atoms with E-state index < -0.39 is 12.0 Å². The fourth-order valence-corrected chi connectivity index (χ4v) is 2.93. The third-order valence-electron chi connectivity index (χ3n) is 4.03. The van der Waals surface area contributed by atoms with Crippen LogP contribution in [0.2, 0.25) is 0 Å². The maximum Gasteiger partial charge on any atom is 0.453 e. The molecule has 4 rings (SSSR count). The Morgan fingerprint density at radius 1 is 1.24 bits per heavy atom. The van der Waals surface area contributed by atoms with Crippen LogP contribution < -0.4 is 5.32 Å². The standard InChI is InChI=1S/C14H15F3N8/c1-8-7-11(25-13(19-8)20-12(23-25)14(15,16)17)18-5-4-10-22-21-9-3-2-6-24(9)10/h7,18H,2-6H2,1H3. The molecule has 8 nitrogen and oxygen atoms in total. The molecule has 0 unspecified atom stereocenters. The summed E-state index contributed by atoms with van der Waals surface area (Å²) in [5.74, 6) is 0.980. The predicted octanol–water partition coefficient (Wildman–Crippen LogP) is 1.64. The zero-order valence-corrected chi connectivity index (χ0v) is 13.4. The number of halogens is 3. The highest BCUT2D eigenvalue weighted by Crippen LogP contribution is 2.27. The molecule has 25 heavy (non-hydrogen) atoms. The maximum atomic E-state index is 12.8. The number of aryl methyl sites for hydroxylation is 2. The van der Waals surface area contributed by atoms with Crippen molar-refractivity contribution in [3.63, 3.8) is 0 Å². The van der Waals surface area contributed by atoms with Crippen molar-refractivity contribution in [2.75, 3.05) is 11.9 Å².